The largest absolute Gasteiger partial charge is 0.326 e. The highest BCUT2D eigenvalue weighted by molar-refractivity contribution is 8.00. The lowest BCUT2D eigenvalue weighted by Crippen LogP contribution is -2.19. The van der Waals surface area contributed by atoms with E-state index in [9.17, 15) is 9.59 Å². The second-order valence-corrected chi connectivity index (χ2v) is 6.93. The Morgan fingerprint density at radius 3 is 2.84 bits per heavy atom. The molecular formula is C20H16N2O2S. The van der Waals surface area contributed by atoms with Crippen molar-refractivity contribution in [3.8, 4) is 0 Å². The van der Waals surface area contributed by atoms with E-state index in [0.717, 1.165) is 26.9 Å². The van der Waals surface area contributed by atoms with E-state index < -0.39 is 0 Å². The first-order valence-corrected chi connectivity index (χ1v) is 9.01. The quantitative estimate of drug-likeness (QED) is 0.750. The van der Waals surface area contributed by atoms with Crippen LogP contribution in [-0.4, -0.2) is 17.6 Å². The van der Waals surface area contributed by atoms with Crippen LogP contribution in [0.15, 0.2) is 65.6 Å². The zero-order chi connectivity index (χ0) is 17.2. The van der Waals surface area contributed by atoms with Gasteiger partial charge >= 0.3 is 0 Å². The molecule has 0 radical (unpaired) electrons. The lowest BCUT2D eigenvalue weighted by Gasteiger charge is -2.17. The van der Waals surface area contributed by atoms with Crippen LogP contribution in [0.25, 0.3) is 10.8 Å². The van der Waals surface area contributed by atoms with Crippen molar-refractivity contribution in [2.45, 2.75) is 11.3 Å². The number of hydrogen-bond donors (Lipinski definition) is 2. The number of anilines is 2. The number of carbonyl (C=O) groups excluding carboxylic acids is 2. The van der Waals surface area contributed by atoms with Crippen molar-refractivity contribution in [1.82, 2.24) is 0 Å². The Balaban J connectivity index is 1.52. The molecule has 0 aromatic heterocycles. The monoisotopic (exact) mass is 348 g/mol. The van der Waals surface area contributed by atoms with Gasteiger partial charge in [0.25, 0.3) is 0 Å². The Kier molecular flexibility index (Phi) is 4.15. The third-order valence-corrected chi connectivity index (χ3v) is 5.20. The summed E-state index contributed by atoms with van der Waals surface area (Å²) in [6, 6.07) is 19.6. The molecule has 124 valence electrons. The fourth-order valence-electron chi connectivity index (χ4n) is 2.99. The van der Waals surface area contributed by atoms with E-state index in [1.165, 1.54) is 11.8 Å². The maximum Gasteiger partial charge on any atom is 0.234 e. The van der Waals surface area contributed by atoms with Gasteiger partial charge in [0.15, 0.2) is 0 Å². The molecule has 4 rings (SSSR count). The van der Waals surface area contributed by atoms with Crippen LogP contribution in [0.4, 0.5) is 11.4 Å². The van der Waals surface area contributed by atoms with E-state index in [1.54, 1.807) is 6.07 Å². The van der Waals surface area contributed by atoms with Crippen LogP contribution < -0.4 is 10.6 Å². The van der Waals surface area contributed by atoms with Crippen LogP contribution in [-0.2, 0) is 16.0 Å². The van der Waals surface area contributed by atoms with Gasteiger partial charge in [0.05, 0.1) is 17.9 Å². The van der Waals surface area contributed by atoms with Crippen molar-refractivity contribution in [1.29, 1.82) is 0 Å². The predicted molar refractivity (Wildman–Crippen MR) is 102 cm³/mol. The first-order valence-electron chi connectivity index (χ1n) is 8.02. The summed E-state index contributed by atoms with van der Waals surface area (Å²) in [6.45, 7) is 0. The molecule has 0 fully saturated rings. The van der Waals surface area contributed by atoms with E-state index in [1.807, 2.05) is 54.6 Å². The number of nitrogens with one attached hydrogen (secondary N) is 2. The first-order chi connectivity index (χ1) is 12.2. The lowest BCUT2D eigenvalue weighted by molar-refractivity contribution is -0.115. The van der Waals surface area contributed by atoms with Gasteiger partial charge < -0.3 is 10.6 Å². The molecule has 25 heavy (non-hydrogen) atoms. The number of benzene rings is 3. The van der Waals surface area contributed by atoms with Gasteiger partial charge in [-0.3, -0.25) is 9.59 Å². The average molecular weight is 348 g/mol. The molecule has 3 aromatic rings. The van der Waals surface area contributed by atoms with Crippen LogP contribution >= 0.6 is 11.8 Å². The second kappa shape index (κ2) is 6.61. The lowest BCUT2D eigenvalue weighted by atomic mass is 10.0. The molecule has 0 saturated carbocycles. The number of fused-ring (bicyclic) bond motifs is 2. The van der Waals surface area contributed by atoms with E-state index in [4.69, 9.17) is 0 Å². The maximum absolute atomic E-state index is 12.5. The molecule has 0 atom stereocenters. The summed E-state index contributed by atoms with van der Waals surface area (Å²) in [5.74, 6) is 0.336. The van der Waals surface area contributed by atoms with E-state index in [-0.39, 0.29) is 11.8 Å². The van der Waals surface area contributed by atoms with E-state index in [2.05, 4.69) is 10.6 Å². The molecule has 5 heteroatoms. The van der Waals surface area contributed by atoms with Crippen LogP contribution in [0, 0.1) is 0 Å². The highest BCUT2D eigenvalue weighted by atomic mass is 32.2. The average Bonchev–Trinajstić information content (AvgIpc) is 2.61. The first kappa shape index (κ1) is 15.7. The van der Waals surface area contributed by atoms with Gasteiger partial charge in [-0.05, 0) is 34.5 Å². The Morgan fingerprint density at radius 2 is 1.92 bits per heavy atom. The SMILES string of the molecule is O=C(Cc1cccc2ccccc12)Nc1ccc2c(c1)NC(=O)CS2. The highest BCUT2D eigenvalue weighted by Gasteiger charge is 2.16. The number of hydrogen-bond acceptors (Lipinski definition) is 3. The van der Waals surface area contributed by atoms with Gasteiger partial charge in [-0.1, -0.05) is 42.5 Å². The number of thioether (sulfide) groups is 1. The molecule has 0 bridgehead atoms. The van der Waals surface area contributed by atoms with Crippen molar-refractivity contribution in [2.24, 2.45) is 0 Å². The third-order valence-electron chi connectivity index (χ3n) is 4.13. The van der Waals surface area contributed by atoms with Crippen molar-refractivity contribution in [3.63, 3.8) is 0 Å². The molecule has 0 aliphatic carbocycles. The molecule has 2 N–H and O–H groups in total. The molecule has 2 amide bonds. The van der Waals surface area contributed by atoms with E-state index >= 15 is 0 Å². The van der Waals surface area contributed by atoms with Crippen LogP contribution in [0.2, 0.25) is 0 Å². The van der Waals surface area contributed by atoms with Gasteiger partial charge in [0.1, 0.15) is 0 Å². The summed E-state index contributed by atoms with van der Waals surface area (Å²) in [6.07, 6.45) is 0.305. The zero-order valence-corrected chi connectivity index (χ0v) is 14.2. The Hall–Kier alpha value is -2.79. The summed E-state index contributed by atoms with van der Waals surface area (Å²) in [5, 5.41) is 7.98. The topological polar surface area (TPSA) is 58.2 Å². The fourth-order valence-corrected chi connectivity index (χ4v) is 3.77. The Labute approximate surface area is 149 Å². The van der Waals surface area contributed by atoms with Gasteiger partial charge in [-0.2, -0.15) is 0 Å². The smallest absolute Gasteiger partial charge is 0.234 e. The van der Waals surface area contributed by atoms with Crippen molar-refractivity contribution in [3.05, 3.63) is 66.2 Å². The number of amides is 2. The van der Waals surface area contributed by atoms with Gasteiger partial charge in [-0.15, -0.1) is 11.8 Å². The fraction of sp³-hybridized carbons (Fsp3) is 0.100. The molecule has 1 heterocycles. The highest BCUT2D eigenvalue weighted by Crippen LogP contribution is 2.33. The van der Waals surface area contributed by atoms with Crippen molar-refractivity contribution >= 4 is 45.7 Å². The van der Waals surface area contributed by atoms with Crippen LogP contribution in [0.3, 0.4) is 0 Å². The summed E-state index contributed by atoms with van der Waals surface area (Å²) < 4.78 is 0. The van der Waals surface area contributed by atoms with Gasteiger partial charge in [0, 0.05) is 10.6 Å². The molecule has 3 aromatic carbocycles. The molecule has 4 nitrogen and oxygen atoms in total. The standard InChI is InChI=1S/C20H16N2O2S/c23-19(10-14-6-3-5-13-4-1-2-7-16(13)14)21-15-8-9-18-17(11-15)22-20(24)12-25-18/h1-9,11H,10,12H2,(H,21,23)(H,22,24). The minimum absolute atomic E-state index is 0.0169. The summed E-state index contributed by atoms with van der Waals surface area (Å²) in [5.41, 5.74) is 2.44. The molecule has 1 aliphatic heterocycles. The molecule has 0 spiro atoms. The normalized spacial score (nSPS) is 13.2. The molecule has 0 unspecified atom stereocenters. The number of carbonyl (C=O) groups is 2. The second-order valence-electron chi connectivity index (χ2n) is 5.91. The molecule has 0 saturated heterocycles. The van der Waals surface area contributed by atoms with Gasteiger partial charge in [-0.25, -0.2) is 0 Å². The summed E-state index contributed by atoms with van der Waals surface area (Å²) in [7, 11) is 0. The Morgan fingerprint density at radius 1 is 1.08 bits per heavy atom. The minimum Gasteiger partial charge on any atom is -0.326 e. The summed E-state index contributed by atoms with van der Waals surface area (Å²) in [4.78, 5) is 25.0. The van der Waals surface area contributed by atoms with Crippen LogP contribution in [0.5, 0.6) is 0 Å². The van der Waals surface area contributed by atoms with Crippen molar-refractivity contribution in [2.75, 3.05) is 16.4 Å². The number of rotatable bonds is 3. The molecule has 1 aliphatic rings. The van der Waals surface area contributed by atoms with E-state index in [0.29, 0.717) is 17.9 Å². The maximum atomic E-state index is 12.5. The molecular weight excluding hydrogens is 332 g/mol. The zero-order valence-electron chi connectivity index (χ0n) is 13.4. The van der Waals surface area contributed by atoms with Crippen LogP contribution in [0.1, 0.15) is 5.56 Å². The minimum atomic E-state index is -0.0777. The Bertz CT molecular complexity index is 979. The summed E-state index contributed by atoms with van der Waals surface area (Å²) >= 11 is 1.50. The van der Waals surface area contributed by atoms with Gasteiger partial charge in [0.2, 0.25) is 11.8 Å². The predicted octanol–water partition coefficient (Wildman–Crippen LogP) is 4.07. The third kappa shape index (κ3) is 3.37. The van der Waals surface area contributed by atoms with Crippen molar-refractivity contribution < 1.29 is 9.59 Å².